The number of tetrazole rings is 1. The Balaban J connectivity index is 1.20. The van der Waals surface area contributed by atoms with Gasteiger partial charge in [0, 0.05) is 44.3 Å². The number of rotatable bonds is 9. The lowest BCUT2D eigenvalue weighted by Crippen LogP contribution is -2.46. The molecule has 4 rings (SSSR count). The number of hydrogen-bond donors (Lipinski definition) is 0. The van der Waals surface area contributed by atoms with Crippen molar-refractivity contribution in [1.29, 1.82) is 0 Å². The van der Waals surface area contributed by atoms with Gasteiger partial charge in [-0.1, -0.05) is 37.7 Å². The summed E-state index contributed by atoms with van der Waals surface area (Å²) in [5.74, 6) is 0.255. The van der Waals surface area contributed by atoms with Crippen molar-refractivity contribution in [3.05, 3.63) is 29.8 Å². The van der Waals surface area contributed by atoms with Gasteiger partial charge in [0.2, 0.25) is 17.0 Å². The van der Waals surface area contributed by atoms with Gasteiger partial charge in [0.05, 0.1) is 6.54 Å². The molecular formula is C26H37N7O4S. The fraction of sp³-hybridized carbons (Fsp3) is 0.615. The van der Waals surface area contributed by atoms with E-state index < -0.39 is 0 Å². The van der Waals surface area contributed by atoms with Crippen molar-refractivity contribution < 1.29 is 19.1 Å². The number of amides is 3. The van der Waals surface area contributed by atoms with E-state index in [4.69, 9.17) is 4.74 Å². The van der Waals surface area contributed by atoms with Crippen LogP contribution in [-0.2, 0) is 22.6 Å². The van der Waals surface area contributed by atoms with Crippen molar-refractivity contribution in [2.24, 2.45) is 5.41 Å². The molecule has 2 aromatic rings. The van der Waals surface area contributed by atoms with Gasteiger partial charge in [-0.05, 0) is 66.9 Å². The van der Waals surface area contributed by atoms with Crippen molar-refractivity contribution in [1.82, 2.24) is 34.9 Å². The molecule has 11 nitrogen and oxygen atoms in total. The molecular weight excluding hydrogens is 506 g/mol. The van der Waals surface area contributed by atoms with Crippen LogP contribution in [0, 0.1) is 5.41 Å². The van der Waals surface area contributed by atoms with E-state index >= 15 is 0 Å². The SMILES string of the molecule is CN(C)CCn1nnnc1SC1CCN(C(=O)Oc2ccc(CCN3C(=O)CC(C)(C)CC3=O)cc2)CC1. The van der Waals surface area contributed by atoms with Gasteiger partial charge in [0.1, 0.15) is 5.75 Å². The quantitative estimate of drug-likeness (QED) is 0.441. The maximum absolute atomic E-state index is 12.7. The molecule has 0 aliphatic carbocycles. The number of thioether (sulfide) groups is 1. The summed E-state index contributed by atoms with van der Waals surface area (Å²) < 4.78 is 7.43. The molecule has 1 aromatic carbocycles. The Morgan fingerprint density at radius 3 is 2.37 bits per heavy atom. The van der Waals surface area contributed by atoms with E-state index in [9.17, 15) is 14.4 Å². The molecule has 0 atom stereocenters. The van der Waals surface area contributed by atoms with Gasteiger partial charge in [0.25, 0.3) is 0 Å². The Bertz CT molecular complexity index is 1110. The van der Waals surface area contributed by atoms with Crippen LogP contribution in [-0.4, -0.2) is 98.3 Å². The highest BCUT2D eigenvalue weighted by Gasteiger charge is 2.37. The molecule has 12 heteroatoms. The number of aromatic nitrogens is 4. The minimum atomic E-state index is -0.357. The van der Waals surface area contributed by atoms with E-state index in [0.717, 1.165) is 36.7 Å². The largest absolute Gasteiger partial charge is 0.415 e. The molecule has 0 unspecified atom stereocenters. The topological polar surface area (TPSA) is 114 Å². The van der Waals surface area contributed by atoms with Crippen LogP contribution in [0.4, 0.5) is 4.79 Å². The molecule has 0 spiro atoms. The zero-order valence-electron chi connectivity index (χ0n) is 22.6. The number of carbonyl (C=O) groups is 3. The Hall–Kier alpha value is -2.99. The van der Waals surface area contributed by atoms with E-state index in [-0.39, 0.29) is 23.3 Å². The molecule has 2 fully saturated rings. The predicted molar refractivity (Wildman–Crippen MR) is 143 cm³/mol. The second-order valence-electron chi connectivity index (χ2n) is 11.0. The zero-order chi connectivity index (χ0) is 27.3. The molecule has 2 saturated heterocycles. The zero-order valence-corrected chi connectivity index (χ0v) is 23.4. The van der Waals surface area contributed by atoms with Crippen molar-refractivity contribution in [2.45, 2.75) is 62.9 Å². The van der Waals surface area contributed by atoms with Crippen molar-refractivity contribution in [2.75, 3.05) is 40.3 Å². The number of benzene rings is 1. The maximum Gasteiger partial charge on any atom is 0.415 e. The van der Waals surface area contributed by atoms with Crippen LogP contribution in [0.1, 0.15) is 45.1 Å². The fourth-order valence-corrected chi connectivity index (χ4v) is 5.69. The summed E-state index contributed by atoms with van der Waals surface area (Å²) in [6.45, 7) is 7.08. The Morgan fingerprint density at radius 2 is 1.74 bits per heavy atom. The molecule has 0 bridgehead atoms. The summed E-state index contributed by atoms with van der Waals surface area (Å²) in [5.41, 5.74) is 0.704. The van der Waals surface area contributed by atoms with Gasteiger partial charge < -0.3 is 14.5 Å². The minimum absolute atomic E-state index is 0.109. The number of likely N-dealkylation sites (N-methyl/N-ethyl adjacent to an activating group) is 1. The Kier molecular flexibility index (Phi) is 9.03. The van der Waals surface area contributed by atoms with E-state index in [1.54, 1.807) is 28.8 Å². The van der Waals surface area contributed by atoms with E-state index in [2.05, 4.69) is 20.4 Å². The number of imide groups is 1. The van der Waals surface area contributed by atoms with Crippen LogP contribution < -0.4 is 4.74 Å². The van der Waals surface area contributed by atoms with Crippen molar-refractivity contribution in [3.8, 4) is 5.75 Å². The standard InChI is InChI=1S/C26H37N7O4S/c1-26(2)17-22(34)32(23(35)18-26)14-9-19-5-7-20(8-6-19)37-25(36)31-12-10-21(11-13-31)38-24-27-28-29-33(24)16-15-30(3)4/h5-8,21H,9-18H2,1-4H3. The first-order chi connectivity index (χ1) is 18.1. The second kappa shape index (κ2) is 12.2. The number of likely N-dealkylation sites (tertiary alicyclic amines) is 2. The first-order valence-corrected chi connectivity index (χ1v) is 13.9. The minimum Gasteiger partial charge on any atom is -0.410 e. The third-order valence-corrected chi connectivity index (χ3v) is 8.15. The first kappa shape index (κ1) is 28.0. The van der Waals surface area contributed by atoms with Gasteiger partial charge in [-0.3, -0.25) is 14.5 Å². The van der Waals surface area contributed by atoms with Crippen molar-refractivity contribution in [3.63, 3.8) is 0 Å². The molecule has 206 valence electrons. The molecule has 2 aliphatic rings. The molecule has 1 aromatic heterocycles. The fourth-order valence-electron chi connectivity index (χ4n) is 4.61. The lowest BCUT2D eigenvalue weighted by atomic mass is 9.81. The highest BCUT2D eigenvalue weighted by molar-refractivity contribution is 7.99. The third-order valence-electron chi connectivity index (χ3n) is 6.84. The monoisotopic (exact) mass is 543 g/mol. The molecule has 38 heavy (non-hydrogen) atoms. The summed E-state index contributed by atoms with van der Waals surface area (Å²) in [6, 6.07) is 7.25. The summed E-state index contributed by atoms with van der Waals surface area (Å²) in [4.78, 5) is 42.6. The summed E-state index contributed by atoms with van der Waals surface area (Å²) in [6.07, 6.45) is 2.66. The highest BCUT2D eigenvalue weighted by Crippen LogP contribution is 2.32. The lowest BCUT2D eigenvalue weighted by Gasteiger charge is -2.34. The van der Waals surface area contributed by atoms with Crippen LogP contribution in [0.25, 0.3) is 0 Å². The Labute approximate surface area is 227 Å². The molecule has 0 radical (unpaired) electrons. The average molecular weight is 544 g/mol. The van der Waals surface area contributed by atoms with E-state index in [0.29, 0.717) is 49.9 Å². The Morgan fingerprint density at radius 1 is 1.08 bits per heavy atom. The van der Waals surface area contributed by atoms with Crippen LogP contribution >= 0.6 is 11.8 Å². The van der Waals surface area contributed by atoms with Gasteiger partial charge in [0.15, 0.2) is 0 Å². The lowest BCUT2D eigenvalue weighted by molar-refractivity contribution is -0.152. The highest BCUT2D eigenvalue weighted by atomic mass is 32.2. The average Bonchev–Trinajstić information content (AvgIpc) is 3.29. The van der Waals surface area contributed by atoms with Crippen LogP contribution in [0.15, 0.2) is 29.4 Å². The number of ether oxygens (including phenoxy) is 1. The molecule has 0 saturated carbocycles. The third kappa shape index (κ3) is 7.53. The number of hydrogen-bond acceptors (Lipinski definition) is 9. The molecule has 2 aliphatic heterocycles. The first-order valence-electron chi connectivity index (χ1n) is 13.1. The van der Waals surface area contributed by atoms with Crippen LogP contribution in [0.3, 0.4) is 0 Å². The van der Waals surface area contributed by atoms with Gasteiger partial charge in [-0.15, -0.1) is 5.10 Å². The van der Waals surface area contributed by atoms with Crippen molar-refractivity contribution >= 4 is 29.7 Å². The molecule has 3 amide bonds. The smallest absolute Gasteiger partial charge is 0.410 e. The van der Waals surface area contributed by atoms with Gasteiger partial charge in [-0.25, -0.2) is 9.48 Å². The number of piperidine rings is 2. The predicted octanol–water partition coefficient (Wildman–Crippen LogP) is 2.71. The van der Waals surface area contributed by atoms with Gasteiger partial charge in [-0.2, -0.15) is 0 Å². The molecule has 3 heterocycles. The van der Waals surface area contributed by atoms with Crippen LogP contribution in [0.5, 0.6) is 5.75 Å². The summed E-state index contributed by atoms with van der Waals surface area (Å²) in [7, 11) is 4.04. The van der Waals surface area contributed by atoms with Gasteiger partial charge >= 0.3 is 6.09 Å². The van der Waals surface area contributed by atoms with E-state index in [1.165, 1.54) is 4.90 Å². The normalized spacial score (nSPS) is 18.3. The number of carbonyl (C=O) groups excluding carboxylic acids is 3. The summed E-state index contributed by atoms with van der Waals surface area (Å²) >= 11 is 1.67. The van der Waals surface area contributed by atoms with Crippen LogP contribution in [0.2, 0.25) is 0 Å². The second-order valence-corrected chi connectivity index (χ2v) is 12.3. The number of nitrogens with zero attached hydrogens (tertiary/aromatic N) is 7. The van der Waals surface area contributed by atoms with E-state index in [1.807, 2.05) is 44.8 Å². The molecule has 0 N–H and O–H groups in total. The maximum atomic E-state index is 12.7. The summed E-state index contributed by atoms with van der Waals surface area (Å²) in [5, 5.41) is 13.2.